The molecule has 11 nitrogen and oxygen atoms in total. The van der Waals surface area contributed by atoms with Crippen molar-refractivity contribution >= 4 is 11.8 Å². The highest BCUT2D eigenvalue weighted by Crippen LogP contribution is 2.30. The molecular formula is C32H37N7O4. The lowest BCUT2D eigenvalue weighted by Crippen LogP contribution is -2.51. The lowest BCUT2D eigenvalue weighted by Gasteiger charge is -2.29. The van der Waals surface area contributed by atoms with Crippen LogP contribution in [0.2, 0.25) is 0 Å². The number of fused-ring (bicyclic) bond motifs is 1. The van der Waals surface area contributed by atoms with Gasteiger partial charge >= 0.3 is 0 Å². The van der Waals surface area contributed by atoms with Crippen LogP contribution in [-0.2, 0) is 29.1 Å². The molecule has 1 aromatic heterocycles. The number of hydrogen-bond donors (Lipinski definition) is 5. The Morgan fingerprint density at radius 1 is 1.05 bits per heavy atom. The third kappa shape index (κ3) is 7.50. The molecular weight excluding hydrogens is 546 g/mol. The molecule has 0 saturated heterocycles. The van der Waals surface area contributed by atoms with Gasteiger partial charge in [-0.15, -0.1) is 5.10 Å². The Labute approximate surface area is 250 Å². The fourth-order valence-corrected chi connectivity index (χ4v) is 5.36. The van der Waals surface area contributed by atoms with Gasteiger partial charge in [-0.25, -0.2) is 5.10 Å². The molecule has 11 heteroatoms. The van der Waals surface area contributed by atoms with Crippen LogP contribution in [0.15, 0.2) is 72.8 Å². The molecule has 0 unspecified atom stereocenters. The van der Waals surface area contributed by atoms with Crippen LogP contribution in [0.1, 0.15) is 37.0 Å². The van der Waals surface area contributed by atoms with E-state index in [0.717, 1.165) is 33.4 Å². The zero-order chi connectivity index (χ0) is 30.4. The standard InChI is InChI=1S/C32H37N7O4/c1-32(2,33-17-25(41)20-40)16-29(42)34-28-15-23-7-3-4-8-24(23)19-39(31(28)43)18-21-11-13-22(14-12-21)26-9-5-6-10-27(26)30-35-37-38-36-30/h3-14,25,28,33,40-41H,15-20H2,1-2H3,(H,34,42)(H,35,36,37,38)/t25-,28+/m0/s1. The molecule has 224 valence electrons. The van der Waals surface area contributed by atoms with Crippen molar-refractivity contribution in [3.8, 4) is 22.5 Å². The molecule has 43 heavy (non-hydrogen) atoms. The summed E-state index contributed by atoms with van der Waals surface area (Å²) in [5.41, 5.74) is 5.28. The molecule has 5 rings (SSSR count). The number of β-amino-alcohol motifs (C(OH)–C–C–N with tert-alkyl or cyclic N) is 1. The molecule has 2 heterocycles. The molecule has 0 bridgehead atoms. The van der Waals surface area contributed by atoms with Crippen molar-refractivity contribution in [2.75, 3.05) is 13.2 Å². The molecule has 2 amide bonds. The van der Waals surface area contributed by atoms with Gasteiger partial charge in [0.25, 0.3) is 0 Å². The minimum absolute atomic E-state index is 0.101. The van der Waals surface area contributed by atoms with E-state index in [1.807, 2.05) is 86.6 Å². The number of aromatic amines is 1. The van der Waals surface area contributed by atoms with E-state index in [1.54, 1.807) is 4.90 Å². The van der Waals surface area contributed by atoms with Crippen LogP contribution in [0.25, 0.3) is 22.5 Å². The van der Waals surface area contributed by atoms with E-state index in [-0.39, 0.29) is 31.4 Å². The maximum Gasteiger partial charge on any atom is 0.246 e. The van der Waals surface area contributed by atoms with Gasteiger partial charge in [-0.3, -0.25) is 9.59 Å². The van der Waals surface area contributed by atoms with Crippen molar-refractivity contribution in [1.82, 2.24) is 36.2 Å². The van der Waals surface area contributed by atoms with Crippen molar-refractivity contribution in [3.63, 3.8) is 0 Å². The monoisotopic (exact) mass is 583 g/mol. The highest BCUT2D eigenvalue weighted by molar-refractivity contribution is 5.89. The number of tetrazole rings is 1. The molecule has 1 aliphatic rings. The summed E-state index contributed by atoms with van der Waals surface area (Å²) in [6.45, 7) is 4.31. The molecule has 0 spiro atoms. The summed E-state index contributed by atoms with van der Waals surface area (Å²) in [7, 11) is 0. The summed E-state index contributed by atoms with van der Waals surface area (Å²) in [5, 5.41) is 39.1. The van der Waals surface area contributed by atoms with Crippen LogP contribution < -0.4 is 10.6 Å². The van der Waals surface area contributed by atoms with Gasteiger partial charge in [0, 0.05) is 43.6 Å². The first-order valence-electron chi connectivity index (χ1n) is 14.3. The van der Waals surface area contributed by atoms with Crippen LogP contribution in [0.5, 0.6) is 0 Å². The quantitative estimate of drug-likeness (QED) is 0.180. The summed E-state index contributed by atoms with van der Waals surface area (Å²) in [4.78, 5) is 28.8. The van der Waals surface area contributed by atoms with E-state index in [2.05, 4.69) is 31.3 Å². The van der Waals surface area contributed by atoms with Crippen molar-refractivity contribution in [2.24, 2.45) is 0 Å². The number of carbonyl (C=O) groups excluding carboxylic acids is 2. The second kappa shape index (κ2) is 13.2. The summed E-state index contributed by atoms with van der Waals surface area (Å²) >= 11 is 0. The molecule has 4 aromatic rings. The maximum atomic E-state index is 13.9. The second-order valence-corrected chi connectivity index (χ2v) is 11.6. The molecule has 2 atom stereocenters. The highest BCUT2D eigenvalue weighted by Gasteiger charge is 2.32. The van der Waals surface area contributed by atoms with Crippen LogP contribution in [0, 0.1) is 0 Å². The first-order valence-corrected chi connectivity index (χ1v) is 14.3. The average molecular weight is 584 g/mol. The number of rotatable bonds is 11. The topological polar surface area (TPSA) is 156 Å². The number of benzene rings is 3. The van der Waals surface area contributed by atoms with Crippen LogP contribution in [0.3, 0.4) is 0 Å². The van der Waals surface area contributed by atoms with E-state index in [0.29, 0.717) is 25.3 Å². The molecule has 3 aromatic carbocycles. The predicted molar refractivity (Wildman–Crippen MR) is 161 cm³/mol. The Bertz CT molecular complexity index is 1540. The number of aliphatic hydroxyl groups is 2. The molecule has 5 N–H and O–H groups in total. The molecule has 1 aliphatic heterocycles. The molecule has 0 radical (unpaired) electrons. The number of amides is 2. The van der Waals surface area contributed by atoms with E-state index in [1.165, 1.54) is 0 Å². The largest absolute Gasteiger partial charge is 0.394 e. The number of hydrogen-bond acceptors (Lipinski definition) is 8. The van der Waals surface area contributed by atoms with Gasteiger partial charge in [0.2, 0.25) is 11.8 Å². The minimum atomic E-state index is -0.912. The summed E-state index contributed by atoms with van der Waals surface area (Å²) in [5.74, 6) is 0.181. The predicted octanol–water partition coefficient (Wildman–Crippen LogP) is 2.21. The van der Waals surface area contributed by atoms with Gasteiger partial charge in [-0.2, -0.15) is 0 Å². The summed E-state index contributed by atoms with van der Waals surface area (Å²) in [6, 6.07) is 23.2. The Hall–Kier alpha value is -4.45. The van der Waals surface area contributed by atoms with Gasteiger partial charge in [-0.1, -0.05) is 72.8 Å². The zero-order valence-corrected chi connectivity index (χ0v) is 24.3. The fraction of sp³-hybridized carbons (Fsp3) is 0.344. The maximum absolute atomic E-state index is 13.9. The van der Waals surface area contributed by atoms with Crippen molar-refractivity contribution in [3.05, 3.63) is 89.5 Å². The number of carbonyl (C=O) groups is 2. The molecule has 0 fully saturated rings. The van der Waals surface area contributed by atoms with Crippen molar-refractivity contribution in [1.29, 1.82) is 0 Å². The van der Waals surface area contributed by atoms with E-state index in [9.17, 15) is 14.7 Å². The van der Waals surface area contributed by atoms with Gasteiger partial charge in [-0.05, 0) is 52.1 Å². The third-order valence-electron chi connectivity index (χ3n) is 7.64. The van der Waals surface area contributed by atoms with E-state index >= 15 is 0 Å². The SMILES string of the molecule is CC(C)(CC(=O)N[C@@H]1Cc2ccccc2CN(Cc2ccc(-c3ccccc3-c3nnn[nH]3)cc2)C1=O)NC[C@H](O)CO. The summed E-state index contributed by atoms with van der Waals surface area (Å²) < 4.78 is 0. The third-order valence-corrected chi connectivity index (χ3v) is 7.64. The summed E-state index contributed by atoms with van der Waals surface area (Å²) in [6.07, 6.45) is -0.408. The smallest absolute Gasteiger partial charge is 0.246 e. The first kappa shape index (κ1) is 30.0. The Morgan fingerprint density at radius 3 is 2.44 bits per heavy atom. The van der Waals surface area contributed by atoms with Crippen LogP contribution in [0.4, 0.5) is 0 Å². The van der Waals surface area contributed by atoms with Crippen molar-refractivity contribution in [2.45, 2.75) is 57.5 Å². The van der Waals surface area contributed by atoms with Crippen LogP contribution in [-0.4, -0.2) is 78.4 Å². The Balaban J connectivity index is 1.31. The van der Waals surface area contributed by atoms with Gasteiger partial charge < -0.3 is 25.7 Å². The molecule has 0 saturated carbocycles. The highest BCUT2D eigenvalue weighted by atomic mass is 16.3. The second-order valence-electron chi connectivity index (χ2n) is 11.6. The van der Waals surface area contributed by atoms with E-state index in [4.69, 9.17) is 5.11 Å². The Kier molecular flexibility index (Phi) is 9.24. The lowest BCUT2D eigenvalue weighted by molar-refractivity contribution is -0.137. The van der Waals surface area contributed by atoms with Crippen molar-refractivity contribution < 1.29 is 19.8 Å². The number of aliphatic hydroxyl groups excluding tert-OH is 2. The van der Waals surface area contributed by atoms with E-state index < -0.39 is 17.7 Å². The normalized spacial score (nSPS) is 16.0. The average Bonchev–Trinajstić information content (AvgIpc) is 3.51. The number of nitrogens with one attached hydrogen (secondary N) is 3. The fourth-order valence-electron chi connectivity index (χ4n) is 5.36. The number of H-pyrrole nitrogens is 1. The van der Waals surface area contributed by atoms with Gasteiger partial charge in [0.05, 0.1) is 12.7 Å². The van der Waals surface area contributed by atoms with Crippen LogP contribution >= 0.6 is 0 Å². The zero-order valence-electron chi connectivity index (χ0n) is 24.3. The molecule has 0 aliphatic carbocycles. The first-order chi connectivity index (χ1) is 20.7. The minimum Gasteiger partial charge on any atom is -0.394 e. The number of nitrogens with zero attached hydrogens (tertiary/aromatic N) is 4. The van der Waals surface area contributed by atoms with Gasteiger partial charge in [0.15, 0.2) is 5.82 Å². The lowest BCUT2D eigenvalue weighted by atomic mass is 9.98. The Morgan fingerprint density at radius 2 is 1.74 bits per heavy atom. The number of aromatic nitrogens is 4. The van der Waals surface area contributed by atoms with Gasteiger partial charge in [0.1, 0.15) is 6.04 Å².